The van der Waals surface area contributed by atoms with Gasteiger partial charge in [0.1, 0.15) is 6.61 Å². The molecular weight excluding hydrogens is 354 g/mol. The van der Waals surface area contributed by atoms with Crippen molar-refractivity contribution in [1.82, 2.24) is 15.1 Å². The molecule has 154 valence electrons. The summed E-state index contributed by atoms with van der Waals surface area (Å²) in [6.45, 7) is 4.34. The second-order valence-corrected chi connectivity index (χ2v) is 7.91. The lowest BCUT2D eigenvalue weighted by Crippen LogP contribution is -2.52. The quantitative estimate of drug-likeness (QED) is 0.774. The third-order valence-electron chi connectivity index (χ3n) is 5.98. The van der Waals surface area contributed by atoms with Crippen molar-refractivity contribution in [1.29, 1.82) is 0 Å². The second kappa shape index (κ2) is 10.6. The number of nitrogens with one attached hydrogen (secondary N) is 1. The van der Waals surface area contributed by atoms with E-state index < -0.39 is 0 Å². The number of ether oxygens (including phenoxy) is 1. The van der Waals surface area contributed by atoms with Crippen LogP contribution in [0.3, 0.4) is 0 Å². The van der Waals surface area contributed by atoms with Gasteiger partial charge < -0.3 is 15.0 Å². The summed E-state index contributed by atoms with van der Waals surface area (Å²) in [4.78, 5) is 29.0. The zero-order chi connectivity index (χ0) is 19.8. The number of nitrogens with zero attached hydrogens (tertiary/aromatic N) is 2. The van der Waals surface area contributed by atoms with E-state index in [0.717, 1.165) is 58.3 Å². The fourth-order valence-electron chi connectivity index (χ4n) is 4.37. The molecule has 0 aliphatic carbocycles. The zero-order valence-corrected chi connectivity index (χ0v) is 16.9. The van der Waals surface area contributed by atoms with Gasteiger partial charge in [-0.15, -0.1) is 0 Å². The fourth-order valence-corrected chi connectivity index (χ4v) is 4.37. The van der Waals surface area contributed by atoms with Crippen LogP contribution < -0.4 is 5.32 Å². The van der Waals surface area contributed by atoms with Crippen LogP contribution in [-0.4, -0.2) is 74.1 Å². The largest absolute Gasteiger partial charge is 0.375 e. The summed E-state index contributed by atoms with van der Waals surface area (Å²) in [5.74, 6) is 0.348. The topological polar surface area (TPSA) is 61.9 Å². The highest BCUT2D eigenvalue weighted by Crippen LogP contribution is 2.24. The molecule has 2 aliphatic rings. The Morgan fingerprint density at radius 2 is 1.86 bits per heavy atom. The van der Waals surface area contributed by atoms with Crippen LogP contribution >= 0.6 is 0 Å². The van der Waals surface area contributed by atoms with Gasteiger partial charge in [-0.3, -0.25) is 14.5 Å². The summed E-state index contributed by atoms with van der Waals surface area (Å²) < 4.78 is 4.95. The molecule has 2 saturated heterocycles. The molecule has 0 spiro atoms. The number of amides is 2. The number of methoxy groups -OCH3 is 1. The number of piperidine rings is 2. The van der Waals surface area contributed by atoms with Crippen molar-refractivity contribution >= 4 is 11.8 Å². The highest BCUT2D eigenvalue weighted by atomic mass is 16.5. The number of rotatable bonds is 7. The number of hydrogen-bond donors (Lipinski definition) is 1. The van der Waals surface area contributed by atoms with Crippen molar-refractivity contribution in [3.8, 4) is 0 Å². The van der Waals surface area contributed by atoms with E-state index in [1.807, 2.05) is 23.1 Å². The van der Waals surface area contributed by atoms with E-state index in [-0.39, 0.29) is 24.3 Å². The van der Waals surface area contributed by atoms with Gasteiger partial charge in [0.05, 0.1) is 5.92 Å². The average molecular weight is 388 g/mol. The molecule has 1 aromatic rings. The number of hydrogen-bond acceptors (Lipinski definition) is 4. The van der Waals surface area contributed by atoms with Gasteiger partial charge in [0.25, 0.3) is 0 Å². The summed E-state index contributed by atoms with van der Waals surface area (Å²) in [6.07, 6.45) is 4.88. The fraction of sp³-hybridized carbons (Fsp3) is 0.636. The molecule has 2 amide bonds. The van der Waals surface area contributed by atoms with Gasteiger partial charge in [-0.2, -0.15) is 0 Å². The maximum absolute atomic E-state index is 12.6. The lowest BCUT2D eigenvalue weighted by Gasteiger charge is -2.42. The Hall–Kier alpha value is -1.92. The van der Waals surface area contributed by atoms with E-state index in [2.05, 4.69) is 22.3 Å². The Kier molecular flexibility index (Phi) is 7.86. The molecular formula is C22H33N3O3. The molecule has 3 rings (SSSR count). The van der Waals surface area contributed by atoms with Gasteiger partial charge in [-0.05, 0) is 44.2 Å². The first-order chi connectivity index (χ1) is 13.7. The SMILES string of the molecule is COCC(=O)N1CCC(N2CCC[C@@H](C(=O)NCCc3ccccc3)C2)CC1. The van der Waals surface area contributed by atoms with Crippen LogP contribution in [-0.2, 0) is 20.7 Å². The second-order valence-electron chi connectivity index (χ2n) is 7.91. The third kappa shape index (κ3) is 5.79. The molecule has 0 bridgehead atoms. The summed E-state index contributed by atoms with van der Waals surface area (Å²) in [7, 11) is 1.56. The minimum absolute atomic E-state index is 0.0789. The van der Waals surface area contributed by atoms with Crippen LogP contribution in [0.5, 0.6) is 0 Å². The summed E-state index contributed by atoms with van der Waals surface area (Å²) >= 11 is 0. The van der Waals surface area contributed by atoms with Crippen molar-refractivity contribution in [3.05, 3.63) is 35.9 Å². The monoisotopic (exact) mass is 387 g/mol. The lowest BCUT2D eigenvalue weighted by molar-refractivity contribution is -0.136. The minimum Gasteiger partial charge on any atom is -0.375 e. The molecule has 6 nitrogen and oxygen atoms in total. The zero-order valence-electron chi connectivity index (χ0n) is 16.9. The van der Waals surface area contributed by atoms with Crippen LogP contribution in [0.25, 0.3) is 0 Å². The Morgan fingerprint density at radius 3 is 2.57 bits per heavy atom. The first-order valence-electron chi connectivity index (χ1n) is 10.5. The normalized spacial score (nSPS) is 21.5. The van der Waals surface area contributed by atoms with Crippen molar-refractivity contribution in [2.24, 2.45) is 5.92 Å². The molecule has 6 heteroatoms. The summed E-state index contributed by atoms with van der Waals surface area (Å²) in [5, 5.41) is 3.13. The van der Waals surface area contributed by atoms with Crippen LogP contribution in [0.15, 0.2) is 30.3 Å². The minimum atomic E-state index is 0.0789. The first kappa shape index (κ1) is 20.8. The predicted octanol–water partition coefficient (Wildman–Crippen LogP) is 1.69. The lowest BCUT2D eigenvalue weighted by atomic mass is 9.93. The molecule has 0 radical (unpaired) electrons. The van der Waals surface area contributed by atoms with Crippen molar-refractivity contribution in [2.75, 3.05) is 46.4 Å². The predicted molar refractivity (Wildman–Crippen MR) is 109 cm³/mol. The third-order valence-corrected chi connectivity index (χ3v) is 5.98. The maximum atomic E-state index is 12.6. The smallest absolute Gasteiger partial charge is 0.248 e. The highest BCUT2D eigenvalue weighted by molar-refractivity contribution is 5.79. The molecule has 2 heterocycles. The van der Waals surface area contributed by atoms with Crippen molar-refractivity contribution < 1.29 is 14.3 Å². The Balaban J connectivity index is 1.41. The first-order valence-corrected chi connectivity index (χ1v) is 10.5. The number of likely N-dealkylation sites (tertiary alicyclic amines) is 2. The van der Waals surface area contributed by atoms with E-state index in [4.69, 9.17) is 4.74 Å². The molecule has 28 heavy (non-hydrogen) atoms. The summed E-state index contributed by atoms with van der Waals surface area (Å²) in [6, 6.07) is 10.7. The molecule has 2 aliphatic heterocycles. The van der Waals surface area contributed by atoms with Crippen LogP contribution in [0.4, 0.5) is 0 Å². The van der Waals surface area contributed by atoms with Gasteiger partial charge >= 0.3 is 0 Å². The van der Waals surface area contributed by atoms with Gasteiger partial charge in [0, 0.05) is 39.3 Å². The molecule has 0 unspecified atom stereocenters. The van der Waals surface area contributed by atoms with E-state index in [9.17, 15) is 9.59 Å². The highest BCUT2D eigenvalue weighted by Gasteiger charge is 2.32. The van der Waals surface area contributed by atoms with E-state index >= 15 is 0 Å². The molecule has 2 fully saturated rings. The molecule has 1 aromatic carbocycles. The van der Waals surface area contributed by atoms with Gasteiger partial charge in [-0.1, -0.05) is 30.3 Å². The maximum Gasteiger partial charge on any atom is 0.248 e. The van der Waals surface area contributed by atoms with E-state index in [1.165, 1.54) is 5.56 Å². The molecule has 1 atom stereocenters. The van der Waals surface area contributed by atoms with Crippen LogP contribution in [0.1, 0.15) is 31.2 Å². The standard InChI is InChI=1S/C22H33N3O3/c1-28-17-21(26)24-14-10-20(11-15-24)25-13-5-8-19(16-25)22(27)23-12-9-18-6-3-2-4-7-18/h2-4,6-7,19-20H,5,8-17H2,1H3,(H,23,27)/t19-/m1/s1. The van der Waals surface area contributed by atoms with Crippen LogP contribution in [0, 0.1) is 5.92 Å². The van der Waals surface area contributed by atoms with Gasteiger partial charge in [0.15, 0.2) is 0 Å². The molecule has 0 aromatic heterocycles. The van der Waals surface area contributed by atoms with E-state index in [0.29, 0.717) is 12.6 Å². The molecule has 0 saturated carbocycles. The van der Waals surface area contributed by atoms with Crippen molar-refractivity contribution in [3.63, 3.8) is 0 Å². The Labute approximate surface area is 168 Å². The van der Waals surface area contributed by atoms with Gasteiger partial charge in [0.2, 0.25) is 11.8 Å². The average Bonchev–Trinajstić information content (AvgIpc) is 2.75. The number of carbonyl (C=O) groups is 2. The Morgan fingerprint density at radius 1 is 1.11 bits per heavy atom. The van der Waals surface area contributed by atoms with Crippen molar-refractivity contribution in [2.45, 2.75) is 38.1 Å². The number of carbonyl (C=O) groups excluding carboxylic acids is 2. The van der Waals surface area contributed by atoms with Gasteiger partial charge in [-0.25, -0.2) is 0 Å². The number of benzene rings is 1. The summed E-state index contributed by atoms with van der Waals surface area (Å²) in [5.41, 5.74) is 1.25. The molecule has 1 N–H and O–H groups in total. The van der Waals surface area contributed by atoms with Crippen LogP contribution in [0.2, 0.25) is 0 Å². The van der Waals surface area contributed by atoms with E-state index in [1.54, 1.807) is 7.11 Å². The Bertz CT molecular complexity index is 629.